The summed E-state index contributed by atoms with van der Waals surface area (Å²) in [4.78, 5) is 39.4. The molecule has 1 saturated heterocycles. The number of piperidine rings is 1. The van der Waals surface area contributed by atoms with E-state index in [1.54, 1.807) is 22.1 Å². The third-order valence-electron chi connectivity index (χ3n) is 7.35. The molecular formula is C32H41N5O3. The highest BCUT2D eigenvalue weighted by atomic mass is 16.6. The van der Waals surface area contributed by atoms with Crippen molar-refractivity contribution < 1.29 is 14.3 Å². The van der Waals surface area contributed by atoms with Crippen LogP contribution in [0, 0.1) is 19.8 Å². The second-order valence-electron chi connectivity index (χ2n) is 11.6. The van der Waals surface area contributed by atoms with Gasteiger partial charge in [-0.25, -0.2) is 9.78 Å². The summed E-state index contributed by atoms with van der Waals surface area (Å²) in [6, 6.07) is 17.7. The van der Waals surface area contributed by atoms with Crippen LogP contribution in [0.3, 0.4) is 0 Å². The van der Waals surface area contributed by atoms with Gasteiger partial charge in [0.15, 0.2) is 0 Å². The Labute approximate surface area is 237 Å². The number of carbonyl (C=O) groups excluding carboxylic acids is 2. The molecule has 0 saturated carbocycles. The highest BCUT2D eigenvalue weighted by molar-refractivity contribution is 6.06. The molecule has 8 nitrogen and oxygen atoms in total. The largest absolute Gasteiger partial charge is 0.444 e. The van der Waals surface area contributed by atoms with E-state index in [0.717, 1.165) is 29.5 Å². The number of anilines is 2. The predicted molar refractivity (Wildman–Crippen MR) is 159 cm³/mol. The third-order valence-corrected chi connectivity index (χ3v) is 7.35. The fourth-order valence-electron chi connectivity index (χ4n) is 4.88. The number of benzene rings is 2. The molecule has 1 fully saturated rings. The lowest BCUT2D eigenvalue weighted by molar-refractivity contribution is 0.0185. The van der Waals surface area contributed by atoms with Crippen molar-refractivity contribution in [1.82, 2.24) is 14.9 Å². The van der Waals surface area contributed by atoms with E-state index in [1.165, 1.54) is 0 Å². The number of hydrogen-bond donors (Lipinski definition) is 1. The van der Waals surface area contributed by atoms with Gasteiger partial charge in [-0.2, -0.15) is 4.98 Å². The number of amides is 2. The van der Waals surface area contributed by atoms with Gasteiger partial charge in [0.1, 0.15) is 11.4 Å². The fourth-order valence-corrected chi connectivity index (χ4v) is 4.88. The van der Waals surface area contributed by atoms with Crippen LogP contribution in [0.25, 0.3) is 0 Å². The summed E-state index contributed by atoms with van der Waals surface area (Å²) in [7, 11) is 0. The molecule has 0 spiro atoms. The van der Waals surface area contributed by atoms with Gasteiger partial charge in [-0.1, -0.05) is 42.5 Å². The Morgan fingerprint density at radius 2 is 1.75 bits per heavy atom. The molecule has 2 amide bonds. The van der Waals surface area contributed by atoms with Gasteiger partial charge in [-0.15, -0.1) is 0 Å². The first-order valence-corrected chi connectivity index (χ1v) is 14.0. The highest BCUT2D eigenvalue weighted by Gasteiger charge is 2.30. The molecular weight excluding hydrogens is 502 g/mol. The SMILES string of the molecule is Cc1cccc(C(=O)N(CC2CCN(C(=O)OC(C)(C)C)CC2)c2ccnc(N[C@@H](C)c3ccccc3)n2)c1C. The Morgan fingerprint density at radius 1 is 1.05 bits per heavy atom. The van der Waals surface area contributed by atoms with Crippen molar-refractivity contribution >= 4 is 23.8 Å². The van der Waals surface area contributed by atoms with Gasteiger partial charge < -0.3 is 15.0 Å². The number of carbonyl (C=O) groups is 2. The minimum absolute atomic E-state index is 0.00296. The first-order chi connectivity index (χ1) is 19.0. The second-order valence-corrected chi connectivity index (χ2v) is 11.6. The monoisotopic (exact) mass is 543 g/mol. The lowest BCUT2D eigenvalue weighted by atomic mass is 9.95. The standard InChI is InChI=1S/C32H41N5O3/c1-22-11-10-14-27(23(22)2)29(38)37(21-25-16-19-36(20-17-25)31(39)40-32(4,5)6)28-15-18-33-30(35-28)34-24(3)26-12-8-7-9-13-26/h7-15,18,24-25H,16-17,19-21H2,1-6H3,(H,33,34,35)/t24-/m0/s1. The molecule has 4 rings (SSSR count). The first kappa shape index (κ1) is 29.1. The van der Waals surface area contributed by atoms with Crippen molar-refractivity contribution in [3.05, 3.63) is 83.0 Å². The number of hydrogen-bond acceptors (Lipinski definition) is 6. The van der Waals surface area contributed by atoms with Crippen LogP contribution < -0.4 is 10.2 Å². The van der Waals surface area contributed by atoms with Crippen LogP contribution >= 0.6 is 0 Å². The van der Waals surface area contributed by atoms with E-state index in [2.05, 4.69) is 29.4 Å². The van der Waals surface area contributed by atoms with Crippen LogP contribution in [-0.4, -0.2) is 52.1 Å². The van der Waals surface area contributed by atoms with Crippen LogP contribution in [0.15, 0.2) is 60.8 Å². The van der Waals surface area contributed by atoms with E-state index >= 15 is 0 Å². The smallest absolute Gasteiger partial charge is 0.410 e. The van der Waals surface area contributed by atoms with Gasteiger partial charge >= 0.3 is 6.09 Å². The normalized spacial score (nSPS) is 14.9. The molecule has 212 valence electrons. The maximum Gasteiger partial charge on any atom is 0.410 e. The second kappa shape index (κ2) is 12.5. The summed E-state index contributed by atoms with van der Waals surface area (Å²) in [6.45, 7) is 13.4. The summed E-state index contributed by atoms with van der Waals surface area (Å²) < 4.78 is 5.56. The molecule has 1 N–H and O–H groups in total. The summed E-state index contributed by atoms with van der Waals surface area (Å²) in [5.74, 6) is 1.14. The van der Waals surface area contributed by atoms with Crippen molar-refractivity contribution in [2.24, 2.45) is 5.92 Å². The van der Waals surface area contributed by atoms with E-state index in [4.69, 9.17) is 9.72 Å². The topological polar surface area (TPSA) is 87.7 Å². The average molecular weight is 544 g/mol. The van der Waals surface area contributed by atoms with Crippen molar-refractivity contribution in [2.75, 3.05) is 29.9 Å². The number of likely N-dealkylation sites (tertiary alicyclic amines) is 1. The lowest BCUT2D eigenvalue weighted by Crippen LogP contribution is -2.45. The van der Waals surface area contributed by atoms with Crippen LogP contribution in [0.5, 0.6) is 0 Å². The number of rotatable bonds is 7. The molecule has 0 aliphatic carbocycles. The summed E-state index contributed by atoms with van der Waals surface area (Å²) in [5, 5.41) is 3.37. The van der Waals surface area contributed by atoms with E-state index < -0.39 is 5.60 Å². The number of aryl methyl sites for hydroxylation is 1. The molecule has 1 aliphatic rings. The van der Waals surface area contributed by atoms with Crippen LogP contribution in [0.2, 0.25) is 0 Å². The molecule has 40 heavy (non-hydrogen) atoms. The van der Waals surface area contributed by atoms with Crippen molar-refractivity contribution in [1.29, 1.82) is 0 Å². The molecule has 0 unspecified atom stereocenters. The Hall–Kier alpha value is -3.94. The van der Waals surface area contributed by atoms with Crippen LogP contribution in [0.1, 0.15) is 73.6 Å². The Bertz CT molecular complexity index is 1310. The minimum Gasteiger partial charge on any atom is -0.444 e. The molecule has 2 aromatic carbocycles. The first-order valence-electron chi connectivity index (χ1n) is 14.0. The van der Waals surface area contributed by atoms with E-state index in [1.807, 2.05) is 71.0 Å². The maximum absolute atomic E-state index is 14.0. The molecule has 8 heteroatoms. The van der Waals surface area contributed by atoms with Gasteiger partial charge in [-0.3, -0.25) is 9.69 Å². The van der Waals surface area contributed by atoms with Gasteiger partial charge in [0.2, 0.25) is 5.95 Å². The summed E-state index contributed by atoms with van der Waals surface area (Å²) in [6.07, 6.45) is 2.96. The van der Waals surface area contributed by atoms with Crippen molar-refractivity contribution in [3.8, 4) is 0 Å². The molecule has 0 radical (unpaired) electrons. The molecule has 1 atom stereocenters. The predicted octanol–water partition coefficient (Wildman–Crippen LogP) is 6.56. The Morgan fingerprint density at radius 3 is 2.42 bits per heavy atom. The zero-order valence-corrected chi connectivity index (χ0v) is 24.5. The third kappa shape index (κ3) is 7.37. The fraction of sp³-hybridized carbons (Fsp3) is 0.438. The number of nitrogens with zero attached hydrogens (tertiary/aromatic N) is 4. The summed E-state index contributed by atoms with van der Waals surface area (Å²) in [5.41, 5.74) is 3.29. The molecule has 2 heterocycles. The van der Waals surface area contributed by atoms with Gasteiger partial charge in [0, 0.05) is 31.4 Å². The maximum atomic E-state index is 14.0. The molecule has 3 aromatic rings. The van der Waals surface area contributed by atoms with Crippen LogP contribution in [-0.2, 0) is 4.74 Å². The van der Waals surface area contributed by atoms with Crippen molar-refractivity contribution in [3.63, 3.8) is 0 Å². The zero-order valence-electron chi connectivity index (χ0n) is 24.5. The quantitative estimate of drug-likeness (QED) is 0.363. The van der Waals surface area contributed by atoms with E-state index in [-0.39, 0.29) is 24.0 Å². The minimum atomic E-state index is -0.528. The van der Waals surface area contributed by atoms with Gasteiger partial charge in [0.05, 0.1) is 6.04 Å². The van der Waals surface area contributed by atoms with E-state index in [0.29, 0.717) is 37.0 Å². The summed E-state index contributed by atoms with van der Waals surface area (Å²) >= 11 is 0. The average Bonchev–Trinajstić information content (AvgIpc) is 2.93. The highest BCUT2D eigenvalue weighted by Crippen LogP contribution is 2.26. The van der Waals surface area contributed by atoms with E-state index in [9.17, 15) is 9.59 Å². The molecule has 1 aromatic heterocycles. The van der Waals surface area contributed by atoms with Crippen LogP contribution in [0.4, 0.5) is 16.6 Å². The Kier molecular flexibility index (Phi) is 9.07. The lowest BCUT2D eigenvalue weighted by Gasteiger charge is -2.35. The van der Waals surface area contributed by atoms with Crippen molar-refractivity contribution in [2.45, 2.75) is 66.0 Å². The number of ether oxygens (including phenoxy) is 1. The Balaban J connectivity index is 1.55. The molecule has 0 bridgehead atoms. The van der Waals surface area contributed by atoms with Gasteiger partial charge in [0.25, 0.3) is 5.91 Å². The number of nitrogens with one attached hydrogen (secondary N) is 1. The zero-order chi connectivity index (χ0) is 28.9. The number of aromatic nitrogens is 2. The molecule has 1 aliphatic heterocycles. The van der Waals surface area contributed by atoms with Gasteiger partial charge in [-0.05, 0) is 89.1 Å².